The standard InChI is InChI=1S/C13H10F3N5O/c1-21-12-9(11(17)18-6-19-12)10(20-21)7-2-4-8(5-3-7)22-13(14,15)16/h2-6H,1H3,(H2,17,18,19). The van der Waals surface area contributed by atoms with E-state index < -0.39 is 6.36 Å². The van der Waals surface area contributed by atoms with Crippen LogP contribution in [0.5, 0.6) is 5.75 Å². The van der Waals surface area contributed by atoms with E-state index in [2.05, 4.69) is 19.8 Å². The molecule has 0 amide bonds. The Balaban J connectivity index is 2.05. The van der Waals surface area contributed by atoms with Crippen molar-refractivity contribution >= 4 is 16.9 Å². The number of aryl methyl sites for hydroxylation is 1. The van der Waals surface area contributed by atoms with Gasteiger partial charge in [0.25, 0.3) is 0 Å². The number of nitrogens with two attached hydrogens (primary N) is 1. The fraction of sp³-hybridized carbons (Fsp3) is 0.154. The fourth-order valence-corrected chi connectivity index (χ4v) is 2.13. The van der Waals surface area contributed by atoms with Crippen LogP contribution < -0.4 is 10.5 Å². The van der Waals surface area contributed by atoms with Crippen molar-refractivity contribution < 1.29 is 17.9 Å². The molecule has 0 saturated carbocycles. The Kier molecular flexibility index (Phi) is 3.12. The third-order valence-corrected chi connectivity index (χ3v) is 3.01. The molecular formula is C13H10F3N5O. The molecule has 0 aliphatic carbocycles. The van der Waals surface area contributed by atoms with Gasteiger partial charge in [0.05, 0.1) is 5.39 Å². The minimum Gasteiger partial charge on any atom is -0.406 e. The zero-order valence-electron chi connectivity index (χ0n) is 11.3. The monoisotopic (exact) mass is 309 g/mol. The maximum absolute atomic E-state index is 12.2. The molecule has 0 saturated heterocycles. The van der Waals surface area contributed by atoms with Crippen LogP contribution in [0, 0.1) is 0 Å². The number of nitrogens with zero attached hydrogens (tertiary/aromatic N) is 4. The van der Waals surface area contributed by atoms with E-state index in [4.69, 9.17) is 5.73 Å². The number of hydrogen-bond donors (Lipinski definition) is 1. The highest BCUT2D eigenvalue weighted by Gasteiger charge is 2.31. The molecule has 0 aliphatic heterocycles. The van der Waals surface area contributed by atoms with E-state index in [0.717, 1.165) is 0 Å². The van der Waals surface area contributed by atoms with Crippen LogP contribution in [0.4, 0.5) is 19.0 Å². The highest BCUT2D eigenvalue weighted by Crippen LogP contribution is 2.31. The lowest BCUT2D eigenvalue weighted by molar-refractivity contribution is -0.274. The van der Waals surface area contributed by atoms with E-state index in [1.807, 2.05) is 0 Å². The normalized spacial score (nSPS) is 11.8. The Morgan fingerprint density at radius 2 is 1.82 bits per heavy atom. The Morgan fingerprint density at radius 3 is 2.45 bits per heavy atom. The summed E-state index contributed by atoms with van der Waals surface area (Å²) in [5.74, 6) is -0.0515. The molecule has 1 aromatic carbocycles. The number of anilines is 1. The third-order valence-electron chi connectivity index (χ3n) is 3.01. The predicted octanol–water partition coefficient (Wildman–Crippen LogP) is 2.51. The average molecular weight is 309 g/mol. The number of hydrogen-bond acceptors (Lipinski definition) is 5. The number of aromatic nitrogens is 4. The number of benzene rings is 1. The quantitative estimate of drug-likeness (QED) is 0.787. The predicted molar refractivity (Wildman–Crippen MR) is 72.8 cm³/mol. The van der Waals surface area contributed by atoms with E-state index in [0.29, 0.717) is 22.3 Å². The highest BCUT2D eigenvalue weighted by atomic mass is 19.4. The maximum atomic E-state index is 12.2. The summed E-state index contributed by atoms with van der Waals surface area (Å²) < 4.78 is 41.8. The first kappa shape index (κ1) is 14.1. The van der Waals surface area contributed by atoms with Crippen molar-refractivity contribution in [2.75, 3.05) is 5.73 Å². The average Bonchev–Trinajstić information content (AvgIpc) is 2.77. The molecule has 22 heavy (non-hydrogen) atoms. The first-order chi connectivity index (χ1) is 10.3. The van der Waals surface area contributed by atoms with Crippen molar-refractivity contribution in [2.24, 2.45) is 7.05 Å². The Labute approximate surface area is 122 Å². The van der Waals surface area contributed by atoms with Crippen molar-refractivity contribution in [3.05, 3.63) is 30.6 Å². The van der Waals surface area contributed by atoms with E-state index in [1.54, 1.807) is 7.05 Å². The second kappa shape index (κ2) is 4.86. The summed E-state index contributed by atoms with van der Waals surface area (Å²) in [6.45, 7) is 0. The van der Waals surface area contributed by atoms with Gasteiger partial charge in [-0.05, 0) is 24.3 Å². The van der Waals surface area contributed by atoms with Crippen molar-refractivity contribution in [1.82, 2.24) is 19.7 Å². The van der Waals surface area contributed by atoms with E-state index >= 15 is 0 Å². The zero-order valence-corrected chi connectivity index (χ0v) is 11.3. The second-order valence-electron chi connectivity index (χ2n) is 4.50. The summed E-state index contributed by atoms with van der Waals surface area (Å²) in [4.78, 5) is 8.00. The van der Waals surface area contributed by atoms with Crippen LogP contribution >= 0.6 is 0 Å². The van der Waals surface area contributed by atoms with E-state index in [-0.39, 0.29) is 11.6 Å². The molecule has 0 atom stereocenters. The largest absolute Gasteiger partial charge is 0.573 e. The molecule has 2 heterocycles. The van der Waals surface area contributed by atoms with Crippen LogP contribution in [-0.4, -0.2) is 26.1 Å². The van der Waals surface area contributed by atoms with Crippen molar-refractivity contribution in [3.63, 3.8) is 0 Å². The van der Waals surface area contributed by atoms with Gasteiger partial charge in [-0.2, -0.15) is 5.10 Å². The summed E-state index contributed by atoms with van der Waals surface area (Å²) in [7, 11) is 1.69. The van der Waals surface area contributed by atoms with Gasteiger partial charge in [-0.15, -0.1) is 13.2 Å². The number of fused-ring (bicyclic) bond motifs is 1. The maximum Gasteiger partial charge on any atom is 0.573 e. The number of alkyl halides is 3. The summed E-state index contributed by atoms with van der Waals surface area (Å²) >= 11 is 0. The van der Waals surface area contributed by atoms with Gasteiger partial charge in [0, 0.05) is 12.6 Å². The van der Waals surface area contributed by atoms with Gasteiger partial charge in [0.15, 0.2) is 5.65 Å². The van der Waals surface area contributed by atoms with Gasteiger partial charge in [-0.25, -0.2) is 14.6 Å². The highest BCUT2D eigenvalue weighted by molar-refractivity contribution is 5.98. The van der Waals surface area contributed by atoms with Crippen LogP contribution in [0.15, 0.2) is 30.6 Å². The molecule has 2 N–H and O–H groups in total. The van der Waals surface area contributed by atoms with Gasteiger partial charge >= 0.3 is 6.36 Å². The van der Waals surface area contributed by atoms with E-state index in [1.165, 1.54) is 35.3 Å². The SMILES string of the molecule is Cn1nc(-c2ccc(OC(F)(F)F)cc2)c2c(N)ncnc21. The first-order valence-electron chi connectivity index (χ1n) is 6.14. The van der Waals surface area contributed by atoms with Crippen molar-refractivity contribution in [2.45, 2.75) is 6.36 Å². The second-order valence-corrected chi connectivity index (χ2v) is 4.50. The van der Waals surface area contributed by atoms with Gasteiger partial charge in [-0.1, -0.05) is 0 Å². The molecule has 0 spiro atoms. The molecule has 0 aliphatic rings. The Bertz CT molecular complexity index is 826. The summed E-state index contributed by atoms with van der Waals surface area (Å²) in [5, 5.41) is 4.85. The molecule has 3 rings (SSSR count). The molecule has 0 unspecified atom stereocenters. The fourth-order valence-electron chi connectivity index (χ4n) is 2.13. The van der Waals surface area contributed by atoms with Crippen LogP contribution in [0.1, 0.15) is 0 Å². The van der Waals surface area contributed by atoms with Crippen molar-refractivity contribution in [3.8, 4) is 17.0 Å². The molecule has 2 aromatic heterocycles. The van der Waals surface area contributed by atoms with Crippen molar-refractivity contribution in [1.29, 1.82) is 0 Å². The van der Waals surface area contributed by atoms with E-state index in [9.17, 15) is 13.2 Å². The topological polar surface area (TPSA) is 78.9 Å². The summed E-state index contributed by atoms with van der Waals surface area (Å²) in [5.41, 5.74) is 7.46. The molecule has 114 valence electrons. The van der Waals surface area contributed by atoms with Crippen LogP contribution in [0.2, 0.25) is 0 Å². The molecule has 6 nitrogen and oxygen atoms in total. The van der Waals surface area contributed by atoms with Crippen LogP contribution in [-0.2, 0) is 7.05 Å². The molecular weight excluding hydrogens is 299 g/mol. The first-order valence-corrected chi connectivity index (χ1v) is 6.14. The molecule has 0 fully saturated rings. The van der Waals surface area contributed by atoms with Gasteiger partial charge in [0.1, 0.15) is 23.6 Å². The number of ether oxygens (including phenoxy) is 1. The Morgan fingerprint density at radius 1 is 1.14 bits per heavy atom. The molecule has 0 bridgehead atoms. The number of halogens is 3. The summed E-state index contributed by atoms with van der Waals surface area (Å²) in [6.07, 6.45) is -3.40. The minimum atomic E-state index is -4.72. The summed E-state index contributed by atoms with van der Waals surface area (Å²) in [6, 6.07) is 5.36. The zero-order chi connectivity index (χ0) is 15.9. The number of nitrogen functional groups attached to an aromatic ring is 1. The van der Waals surface area contributed by atoms with Crippen LogP contribution in [0.3, 0.4) is 0 Å². The lowest BCUT2D eigenvalue weighted by Crippen LogP contribution is -2.16. The van der Waals surface area contributed by atoms with Gasteiger partial charge in [0.2, 0.25) is 0 Å². The minimum absolute atomic E-state index is 0.253. The van der Waals surface area contributed by atoms with Crippen LogP contribution in [0.25, 0.3) is 22.3 Å². The number of rotatable bonds is 2. The molecule has 3 aromatic rings. The smallest absolute Gasteiger partial charge is 0.406 e. The Hall–Kier alpha value is -2.84. The molecule has 0 radical (unpaired) electrons. The lowest BCUT2D eigenvalue weighted by atomic mass is 10.1. The third kappa shape index (κ3) is 2.52. The lowest BCUT2D eigenvalue weighted by Gasteiger charge is -2.08. The van der Waals surface area contributed by atoms with Gasteiger partial charge < -0.3 is 10.5 Å². The molecule has 9 heteroatoms. The van der Waals surface area contributed by atoms with Gasteiger partial charge in [-0.3, -0.25) is 0 Å².